The predicted octanol–water partition coefficient (Wildman–Crippen LogP) is 6.65. The van der Waals surface area contributed by atoms with Crippen LogP contribution in [0.3, 0.4) is 0 Å². The number of hydrogen-bond acceptors (Lipinski definition) is 6. The van der Waals surface area contributed by atoms with E-state index in [1.54, 1.807) is 0 Å². The normalized spacial score (nSPS) is 13.5. The largest absolute Gasteiger partial charge is 0.457 e. The monoisotopic (exact) mass is 499 g/mol. The van der Waals surface area contributed by atoms with Gasteiger partial charge >= 0.3 is 5.97 Å². The first-order valence-electron chi connectivity index (χ1n) is 14.3. The molecule has 0 heterocycles. The van der Waals surface area contributed by atoms with Crippen LogP contribution in [-0.4, -0.2) is 68.8 Å². The van der Waals surface area contributed by atoms with Crippen LogP contribution in [0.1, 0.15) is 117 Å². The summed E-state index contributed by atoms with van der Waals surface area (Å²) in [4.78, 5) is 13.9. The Hall–Kier alpha value is -0.950. The van der Waals surface area contributed by atoms with Crippen molar-refractivity contribution in [3.05, 3.63) is 12.2 Å². The number of allylic oxidation sites excluding steroid dienone is 2. The van der Waals surface area contributed by atoms with E-state index in [9.17, 15) is 9.90 Å². The summed E-state index contributed by atoms with van der Waals surface area (Å²) in [6, 6.07) is 0. The van der Waals surface area contributed by atoms with Gasteiger partial charge in [0.05, 0.1) is 13.2 Å². The first kappa shape index (κ1) is 34.0. The maximum Gasteiger partial charge on any atom is 0.306 e. The first-order valence-corrected chi connectivity index (χ1v) is 14.3. The minimum Gasteiger partial charge on any atom is -0.457 e. The molecule has 0 aliphatic heterocycles. The lowest BCUT2D eigenvalue weighted by Crippen LogP contribution is -2.30. The number of esters is 1. The Labute approximate surface area is 216 Å². The lowest BCUT2D eigenvalue weighted by Gasteiger charge is -2.19. The van der Waals surface area contributed by atoms with E-state index in [4.69, 9.17) is 14.2 Å². The number of nitrogens with zero attached hydrogens (tertiary/aromatic N) is 1. The van der Waals surface area contributed by atoms with Gasteiger partial charge < -0.3 is 24.2 Å². The lowest BCUT2D eigenvalue weighted by molar-refractivity contribution is -0.173. The Morgan fingerprint density at radius 3 is 1.97 bits per heavy atom. The van der Waals surface area contributed by atoms with Gasteiger partial charge in [-0.1, -0.05) is 76.9 Å². The highest BCUT2D eigenvalue weighted by atomic mass is 16.7. The zero-order chi connectivity index (χ0) is 26.0. The van der Waals surface area contributed by atoms with Crippen LogP contribution in [0.5, 0.6) is 0 Å². The standard InChI is InChI=1S/C29H57NO5/c1-5-6-7-8-9-10-11-12-13-14-15-16-17-18-19-20-24-33-27(2)34-26-28(25-31)35-29(32)22-21-23-30(3)4/h12-13,27-28,31H,5-11,14-26H2,1-4H3. The van der Waals surface area contributed by atoms with Crippen molar-refractivity contribution in [1.82, 2.24) is 4.90 Å². The number of aliphatic hydroxyl groups excluding tert-OH is 1. The molecule has 0 bridgehead atoms. The Morgan fingerprint density at radius 2 is 1.40 bits per heavy atom. The Balaban J connectivity index is 3.50. The van der Waals surface area contributed by atoms with Gasteiger partial charge in [0.2, 0.25) is 0 Å². The van der Waals surface area contributed by atoms with Crippen LogP contribution >= 0.6 is 0 Å². The highest BCUT2D eigenvalue weighted by Crippen LogP contribution is 2.10. The number of rotatable bonds is 26. The molecule has 2 atom stereocenters. The van der Waals surface area contributed by atoms with Crippen LogP contribution in [0.2, 0.25) is 0 Å². The van der Waals surface area contributed by atoms with Crippen molar-refractivity contribution < 1.29 is 24.1 Å². The fourth-order valence-electron chi connectivity index (χ4n) is 3.80. The van der Waals surface area contributed by atoms with Crippen LogP contribution < -0.4 is 0 Å². The smallest absolute Gasteiger partial charge is 0.306 e. The molecule has 2 unspecified atom stereocenters. The van der Waals surface area contributed by atoms with Crippen LogP contribution in [0.4, 0.5) is 0 Å². The van der Waals surface area contributed by atoms with Crippen molar-refractivity contribution in [2.24, 2.45) is 0 Å². The quantitative estimate of drug-likeness (QED) is 0.0622. The zero-order valence-electron chi connectivity index (χ0n) is 23.5. The van der Waals surface area contributed by atoms with Gasteiger partial charge in [-0.05, 0) is 66.1 Å². The van der Waals surface area contributed by atoms with E-state index in [-0.39, 0.29) is 25.5 Å². The van der Waals surface area contributed by atoms with Crippen LogP contribution in [0, 0.1) is 0 Å². The molecule has 6 nitrogen and oxygen atoms in total. The highest BCUT2D eigenvalue weighted by Gasteiger charge is 2.15. The molecule has 0 aromatic heterocycles. The number of carbonyl (C=O) groups is 1. The van der Waals surface area contributed by atoms with Gasteiger partial charge in [-0.3, -0.25) is 4.79 Å². The molecular weight excluding hydrogens is 442 g/mol. The predicted molar refractivity (Wildman–Crippen MR) is 146 cm³/mol. The molecule has 0 aromatic carbocycles. The van der Waals surface area contributed by atoms with E-state index in [2.05, 4.69) is 19.1 Å². The maximum atomic E-state index is 11.8. The minimum atomic E-state index is -0.640. The second-order valence-electron chi connectivity index (χ2n) is 9.91. The summed E-state index contributed by atoms with van der Waals surface area (Å²) >= 11 is 0. The highest BCUT2D eigenvalue weighted by molar-refractivity contribution is 5.69. The SMILES string of the molecule is CCCCCCCCC=CCCCCCCCCOC(C)OCC(CO)OC(=O)CCCN(C)C. The third kappa shape index (κ3) is 25.9. The number of aliphatic hydroxyl groups is 1. The van der Waals surface area contributed by atoms with Crippen molar-refractivity contribution in [3.63, 3.8) is 0 Å². The summed E-state index contributed by atoms with van der Waals surface area (Å²) in [6.07, 6.45) is 22.8. The van der Waals surface area contributed by atoms with E-state index < -0.39 is 6.10 Å². The van der Waals surface area contributed by atoms with Gasteiger partial charge in [-0.15, -0.1) is 0 Å². The fourth-order valence-corrected chi connectivity index (χ4v) is 3.80. The molecule has 0 rings (SSSR count). The number of carbonyl (C=O) groups excluding carboxylic acids is 1. The second kappa shape index (κ2) is 26.1. The third-order valence-electron chi connectivity index (χ3n) is 6.01. The Bertz CT molecular complexity index is 484. The summed E-state index contributed by atoms with van der Waals surface area (Å²) in [5.74, 6) is -0.299. The average Bonchev–Trinajstić information content (AvgIpc) is 2.83. The number of ether oxygens (including phenoxy) is 3. The minimum absolute atomic E-state index is 0.143. The molecule has 6 heteroatoms. The van der Waals surface area contributed by atoms with Gasteiger partial charge in [0.15, 0.2) is 6.29 Å². The van der Waals surface area contributed by atoms with E-state index in [0.717, 1.165) is 19.4 Å². The molecule has 0 saturated carbocycles. The van der Waals surface area contributed by atoms with Crippen molar-refractivity contribution in [1.29, 1.82) is 0 Å². The molecule has 0 fully saturated rings. The van der Waals surface area contributed by atoms with Crippen LogP contribution in [0.25, 0.3) is 0 Å². The Kier molecular flexibility index (Phi) is 25.4. The molecule has 0 amide bonds. The first-order chi connectivity index (χ1) is 17.0. The molecule has 0 aliphatic rings. The second-order valence-corrected chi connectivity index (χ2v) is 9.91. The molecule has 1 N–H and O–H groups in total. The summed E-state index contributed by atoms with van der Waals surface area (Å²) in [5.41, 5.74) is 0. The molecule has 0 radical (unpaired) electrons. The molecule has 0 aliphatic carbocycles. The fraction of sp³-hybridized carbons (Fsp3) is 0.897. The summed E-state index contributed by atoms with van der Waals surface area (Å²) in [5, 5.41) is 9.42. The van der Waals surface area contributed by atoms with Gasteiger partial charge in [0, 0.05) is 13.0 Å². The summed E-state index contributed by atoms with van der Waals surface area (Å²) in [7, 11) is 3.93. The van der Waals surface area contributed by atoms with Gasteiger partial charge in [-0.25, -0.2) is 0 Å². The van der Waals surface area contributed by atoms with Gasteiger partial charge in [0.1, 0.15) is 6.10 Å². The van der Waals surface area contributed by atoms with Crippen LogP contribution in [-0.2, 0) is 19.0 Å². The molecule has 0 aromatic rings. The number of unbranched alkanes of at least 4 members (excludes halogenated alkanes) is 12. The van der Waals surface area contributed by atoms with Crippen molar-refractivity contribution in [2.75, 3.05) is 40.5 Å². The molecule has 0 saturated heterocycles. The van der Waals surface area contributed by atoms with E-state index in [1.807, 2.05) is 25.9 Å². The molecule has 208 valence electrons. The number of hydrogen-bond donors (Lipinski definition) is 1. The maximum absolute atomic E-state index is 11.8. The Morgan fingerprint density at radius 1 is 0.829 bits per heavy atom. The topological polar surface area (TPSA) is 68.2 Å². The summed E-state index contributed by atoms with van der Waals surface area (Å²) < 4.78 is 16.6. The zero-order valence-corrected chi connectivity index (χ0v) is 23.5. The molecule has 0 spiro atoms. The van der Waals surface area contributed by atoms with Crippen molar-refractivity contribution in [2.45, 2.75) is 129 Å². The lowest BCUT2D eigenvalue weighted by atomic mass is 10.1. The van der Waals surface area contributed by atoms with Gasteiger partial charge in [0.25, 0.3) is 0 Å². The van der Waals surface area contributed by atoms with E-state index in [1.165, 1.54) is 83.5 Å². The van der Waals surface area contributed by atoms with Crippen molar-refractivity contribution >= 4 is 5.97 Å². The van der Waals surface area contributed by atoms with Crippen molar-refractivity contribution in [3.8, 4) is 0 Å². The molecular formula is C29H57NO5. The average molecular weight is 500 g/mol. The molecule has 35 heavy (non-hydrogen) atoms. The van der Waals surface area contributed by atoms with E-state index in [0.29, 0.717) is 13.0 Å². The third-order valence-corrected chi connectivity index (χ3v) is 6.01. The van der Waals surface area contributed by atoms with E-state index >= 15 is 0 Å². The van der Waals surface area contributed by atoms with Gasteiger partial charge in [-0.2, -0.15) is 0 Å². The summed E-state index contributed by atoms with van der Waals surface area (Å²) in [6.45, 7) is 5.50. The van der Waals surface area contributed by atoms with Crippen LogP contribution in [0.15, 0.2) is 12.2 Å².